The molecule has 1 N–H and O–H groups in total. The topological polar surface area (TPSA) is 47.9 Å². The van der Waals surface area contributed by atoms with Crippen LogP contribution in [0.4, 0.5) is 0 Å². The van der Waals surface area contributed by atoms with E-state index >= 15 is 0 Å². The van der Waals surface area contributed by atoms with Crippen molar-refractivity contribution < 1.29 is 19.0 Å². The van der Waals surface area contributed by atoms with E-state index in [1.807, 2.05) is 24.3 Å². The van der Waals surface area contributed by atoms with Gasteiger partial charge in [-0.05, 0) is 49.4 Å². The Morgan fingerprint density at radius 3 is 2.28 bits per heavy atom. The van der Waals surface area contributed by atoms with Gasteiger partial charge in [0.05, 0.1) is 6.10 Å². The quantitative estimate of drug-likeness (QED) is 0.386. The minimum Gasteiger partial charge on any atom is -0.467 e. The molecular weight excluding hydrogens is 380 g/mol. The predicted molar refractivity (Wildman–Crippen MR) is 122 cm³/mol. The van der Waals surface area contributed by atoms with E-state index in [-0.39, 0.29) is 11.8 Å². The Balaban J connectivity index is 1.88. The molecule has 1 aromatic rings. The van der Waals surface area contributed by atoms with Crippen molar-refractivity contribution in [2.24, 2.45) is 5.92 Å². The molecule has 1 aliphatic carbocycles. The second kappa shape index (κ2) is 10.9. The highest BCUT2D eigenvalue weighted by Gasteiger charge is 2.39. The van der Waals surface area contributed by atoms with Crippen LogP contribution in [-0.2, 0) is 9.16 Å². The van der Waals surface area contributed by atoms with E-state index in [2.05, 4.69) is 33.9 Å². The van der Waals surface area contributed by atoms with Crippen molar-refractivity contribution in [1.29, 1.82) is 0 Å². The molecule has 0 bridgehead atoms. The van der Waals surface area contributed by atoms with Gasteiger partial charge < -0.3 is 19.0 Å². The van der Waals surface area contributed by atoms with Gasteiger partial charge in [-0.2, -0.15) is 0 Å². The monoisotopic (exact) mass is 422 g/mol. The van der Waals surface area contributed by atoms with Crippen LogP contribution in [0.3, 0.4) is 0 Å². The molecule has 1 atom stereocenters. The van der Waals surface area contributed by atoms with Crippen LogP contribution in [0.1, 0.15) is 77.4 Å². The molecule has 29 heavy (non-hydrogen) atoms. The van der Waals surface area contributed by atoms with E-state index in [0.29, 0.717) is 12.0 Å². The minimum atomic E-state index is -1.70. The minimum absolute atomic E-state index is 0.197. The van der Waals surface area contributed by atoms with Crippen LogP contribution >= 0.6 is 0 Å². The highest BCUT2D eigenvalue weighted by atomic mass is 28.4. The Morgan fingerprint density at radius 2 is 1.69 bits per heavy atom. The maximum absolute atomic E-state index is 10.9. The highest BCUT2D eigenvalue weighted by Crippen LogP contribution is 2.40. The van der Waals surface area contributed by atoms with Crippen molar-refractivity contribution in [3.05, 3.63) is 29.8 Å². The fraction of sp³-hybridized carbons (Fsp3) is 0.750. The standard InChI is InChI=1S/C24H42O4Si/c1-24(2,3)29(5,6)28-20-13-9-11-19(12-10-14-20)17-22(25)21-15-7-8-16-23(21)27-18-26-4/h7-8,15-16,19-20,22,25H,9-14,17-18H2,1-6H3. The number of hydrogen-bond donors (Lipinski definition) is 1. The van der Waals surface area contributed by atoms with Gasteiger partial charge in [0, 0.05) is 18.8 Å². The molecule has 0 amide bonds. The van der Waals surface area contributed by atoms with Crippen LogP contribution in [-0.4, -0.2) is 33.4 Å². The van der Waals surface area contributed by atoms with Crippen molar-refractivity contribution in [3.63, 3.8) is 0 Å². The first-order valence-electron chi connectivity index (χ1n) is 11.2. The summed E-state index contributed by atoms with van der Waals surface area (Å²) in [4.78, 5) is 0. The number of rotatable bonds is 8. The fourth-order valence-electron chi connectivity index (χ4n) is 3.96. The van der Waals surface area contributed by atoms with E-state index in [0.717, 1.165) is 43.4 Å². The summed E-state index contributed by atoms with van der Waals surface area (Å²) in [7, 11) is -0.0932. The van der Waals surface area contributed by atoms with Gasteiger partial charge in [-0.1, -0.05) is 64.7 Å². The molecule has 5 heteroatoms. The summed E-state index contributed by atoms with van der Waals surface area (Å²) in [6.07, 6.45) is 7.68. The smallest absolute Gasteiger partial charge is 0.192 e. The number of ether oxygens (including phenoxy) is 2. The second-order valence-corrected chi connectivity index (χ2v) is 14.8. The van der Waals surface area contributed by atoms with Crippen LogP contribution < -0.4 is 4.74 Å². The van der Waals surface area contributed by atoms with E-state index in [9.17, 15) is 5.11 Å². The van der Waals surface area contributed by atoms with Gasteiger partial charge >= 0.3 is 0 Å². The second-order valence-electron chi connectivity index (χ2n) is 10.1. The molecule has 4 nitrogen and oxygen atoms in total. The van der Waals surface area contributed by atoms with Crippen molar-refractivity contribution >= 4 is 8.32 Å². The summed E-state index contributed by atoms with van der Waals surface area (Å²) in [5.41, 5.74) is 0.866. The molecule has 1 saturated carbocycles. The third-order valence-electron chi connectivity index (χ3n) is 6.71. The van der Waals surface area contributed by atoms with Crippen LogP contribution in [0.15, 0.2) is 24.3 Å². The summed E-state index contributed by atoms with van der Waals surface area (Å²) in [5, 5.41) is 11.1. The summed E-state index contributed by atoms with van der Waals surface area (Å²) in [6, 6.07) is 7.75. The van der Waals surface area contributed by atoms with Crippen LogP contribution in [0, 0.1) is 5.92 Å². The van der Waals surface area contributed by atoms with Gasteiger partial charge in [-0.25, -0.2) is 0 Å². The van der Waals surface area contributed by atoms with Gasteiger partial charge in [0.2, 0.25) is 0 Å². The Bertz CT molecular complexity index is 601. The lowest BCUT2D eigenvalue weighted by molar-refractivity contribution is 0.0467. The Kier molecular flexibility index (Phi) is 9.20. The first-order valence-corrected chi connectivity index (χ1v) is 14.1. The molecular formula is C24H42O4Si. The maximum atomic E-state index is 10.9. The first kappa shape index (κ1) is 24.4. The molecule has 2 rings (SSSR count). The van der Waals surface area contributed by atoms with Crippen molar-refractivity contribution in [3.8, 4) is 5.75 Å². The molecule has 1 fully saturated rings. The SMILES string of the molecule is COCOc1ccccc1C(O)CC1CCCC(O[Si](C)(C)C(C)(C)C)CCC1. The molecule has 1 aliphatic rings. The lowest BCUT2D eigenvalue weighted by atomic mass is 9.85. The van der Waals surface area contributed by atoms with Gasteiger partial charge in [0.25, 0.3) is 0 Å². The summed E-state index contributed by atoms with van der Waals surface area (Å²) >= 11 is 0. The number of aliphatic hydroxyl groups is 1. The average molecular weight is 423 g/mol. The van der Waals surface area contributed by atoms with Crippen molar-refractivity contribution in [2.75, 3.05) is 13.9 Å². The van der Waals surface area contributed by atoms with Gasteiger partial charge in [0.1, 0.15) is 5.75 Å². The lowest BCUT2D eigenvalue weighted by Crippen LogP contribution is -2.44. The van der Waals surface area contributed by atoms with E-state index in [1.165, 1.54) is 12.8 Å². The van der Waals surface area contributed by atoms with Gasteiger partial charge in [-0.3, -0.25) is 0 Å². The molecule has 1 unspecified atom stereocenters. The Morgan fingerprint density at radius 1 is 1.07 bits per heavy atom. The predicted octanol–water partition coefficient (Wildman–Crippen LogP) is 6.45. The molecule has 1 aromatic carbocycles. The van der Waals surface area contributed by atoms with E-state index in [4.69, 9.17) is 13.9 Å². The molecule has 0 aliphatic heterocycles. The number of benzene rings is 1. The highest BCUT2D eigenvalue weighted by molar-refractivity contribution is 6.74. The summed E-state index contributed by atoms with van der Waals surface area (Å²) in [6.45, 7) is 11.8. The summed E-state index contributed by atoms with van der Waals surface area (Å²) < 4.78 is 17.3. The number of hydrogen-bond acceptors (Lipinski definition) is 4. The molecule has 0 heterocycles. The number of methoxy groups -OCH3 is 1. The van der Waals surface area contributed by atoms with Crippen molar-refractivity contribution in [1.82, 2.24) is 0 Å². The zero-order chi connectivity index (χ0) is 21.5. The van der Waals surface area contributed by atoms with Crippen LogP contribution in [0.25, 0.3) is 0 Å². The molecule has 0 aromatic heterocycles. The van der Waals surface area contributed by atoms with Crippen molar-refractivity contribution in [2.45, 2.75) is 96.1 Å². The zero-order valence-electron chi connectivity index (χ0n) is 19.4. The molecule has 0 spiro atoms. The number of aliphatic hydroxyl groups excluding tert-OH is 1. The Hall–Kier alpha value is -0.883. The largest absolute Gasteiger partial charge is 0.467 e. The maximum Gasteiger partial charge on any atom is 0.192 e. The third-order valence-corrected chi connectivity index (χ3v) is 11.2. The van der Waals surface area contributed by atoms with Crippen LogP contribution in [0.5, 0.6) is 5.75 Å². The Labute approximate surface area is 179 Å². The molecule has 0 radical (unpaired) electrons. The molecule has 0 saturated heterocycles. The third kappa shape index (κ3) is 7.39. The molecule has 166 valence electrons. The fourth-order valence-corrected chi connectivity index (χ4v) is 5.38. The normalized spacial score (nSPS) is 22.6. The van der Waals surface area contributed by atoms with E-state index < -0.39 is 14.4 Å². The first-order chi connectivity index (χ1) is 13.6. The van der Waals surface area contributed by atoms with Crippen LogP contribution in [0.2, 0.25) is 18.1 Å². The average Bonchev–Trinajstić information content (AvgIpc) is 2.63. The van der Waals surface area contributed by atoms with E-state index in [1.54, 1.807) is 7.11 Å². The zero-order valence-corrected chi connectivity index (χ0v) is 20.4. The van der Waals surface area contributed by atoms with Gasteiger partial charge in [0.15, 0.2) is 15.1 Å². The summed E-state index contributed by atoms with van der Waals surface area (Å²) in [5.74, 6) is 1.27. The number of para-hydroxylation sites is 1. The lowest BCUT2D eigenvalue weighted by Gasteiger charge is -2.40. The van der Waals surface area contributed by atoms with Gasteiger partial charge in [-0.15, -0.1) is 0 Å².